The Kier molecular flexibility index (Phi) is 2.69. The average molecular weight is 143 g/mol. The predicted molar refractivity (Wildman–Crippen MR) is 41.8 cm³/mol. The van der Waals surface area contributed by atoms with E-state index in [-0.39, 0.29) is 0 Å². The third kappa shape index (κ3) is 1.70. The molecule has 1 unspecified atom stereocenters. The molecular weight excluding hydrogens is 126 g/mol. The highest BCUT2D eigenvalue weighted by atomic mass is 16.3. The van der Waals surface area contributed by atoms with Crippen LogP contribution in [0.5, 0.6) is 0 Å². The van der Waals surface area contributed by atoms with Gasteiger partial charge in [0.1, 0.15) is 0 Å². The fourth-order valence-electron chi connectivity index (χ4n) is 1.63. The van der Waals surface area contributed by atoms with Gasteiger partial charge in [-0.2, -0.15) is 0 Å². The van der Waals surface area contributed by atoms with Gasteiger partial charge in [-0.25, -0.2) is 0 Å². The molecule has 0 saturated carbocycles. The molecule has 1 heterocycles. The molecule has 0 radical (unpaired) electrons. The smallest absolute Gasteiger partial charge is 0.0473 e. The standard InChI is InChI=1S/C8H17NO/c1-6-3-7(2)9-4-8(6)5-10/h6-10H,3-5H2,1-2H3/t6?,7-,8+/m0/s1. The molecule has 0 amide bonds. The minimum absolute atomic E-state index is 0.334. The summed E-state index contributed by atoms with van der Waals surface area (Å²) in [6.45, 7) is 5.74. The second-order valence-electron chi connectivity index (χ2n) is 3.46. The van der Waals surface area contributed by atoms with Crippen molar-refractivity contribution in [2.75, 3.05) is 13.2 Å². The second kappa shape index (κ2) is 3.35. The van der Waals surface area contributed by atoms with Crippen molar-refractivity contribution >= 4 is 0 Å². The molecule has 10 heavy (non-hydrogen) atoms. The van der Waals surface area contributed by atoms with Gasteiger partial charge in [0, 0.05) is 19.2 Å². The van der Waals surface area contributed by atoms with E-state index in [1.165, 1.54) is 6.42 Å². The SMILES string of the molecule is CC1C[C@H](C)NC[C@@H]1CO. The molecule has 0 aromatic carbocycles. The first-order chi connectivity index (χ1) is 4.74. The van der Waals surface area contributed by atoms with Crippen molar-refractivity contribution in [3.05, 3.63) is 0 Å². The third-order valence-corrected chi connectivity index (χ3v) is 2.49. The molecule has 2 nitrogen and oxygen atoms in total. The molecule has 1 rings (SSSR count). The van der Waals surface area contributed by atoms with Crippen molar-refractivity contribution in [3.8, 4) is 0 Å². The monoisotopic (exact) mass is 143 g/mol. The lowest BCUT2D eigenvalue weighted by Gasteiger charge is -2.32. The maximum atomic E-state index is 8.91. The number of piperidine rings is 1. The van der Waals surface area contributed by atoms with Gasteiger partial charge in [-0.3, -0.25) is 0 Å². The van der Waals surface area contributed by atoms with Crippen LogP contribution in [-0.2, 0) is 0 Å². The summed E-state index contributed by atoms with van der Waals surface area (Å²) in [5.41, 5.74) is 0. The number of hydrogen-bond donors (Lipinski definition) is 2. The molecule has 1 aliphatic heterocycles. The fourth-order valence-corrected chi connectivity index (χ4v) is 1.63. The molecule has 1 saturated heterocycles. The molecule has 0 spiro atoms. The van der Waals surface area contributed by atoms with Gasteiger partial charge in [0.05, 0.1) is 0 Å². The van der Waals surface area contributed by atoms with Gasteiger partial charge in [-0.05, 0) is 25.2 Å². The number of aliphatic hydroxyl groups is 1. The molecule has 0 bridgehead atoms. The first-order valence-corrected chi connectivity index (χ1v) is 4.08. The Morgan fingerprint density at radius 2 is 2.20 bits per heavy atom. The zero-order valence-corrected chi connectivity index (χ0v) is 6.80. The molecule has 3 atom stereocenters. The highest BCUT2D eigenvalue weighted by molar-refractivity contribution is 4.79. The van der Waals surface area contributed by atoms with Gasteiger partial charge < -0.3 is 10.4 Å². The Balaban J connectivity index is 2.36. The third-order valence-electron chi connectivity index (χ3n) is 2.49. The van der Waals surface area contributed by atoms with Crippen LogP contribution < -0.4 is 5.32 Å². The van der Waals surface area contributed by atoms with E-state index in [0.29, 0.717) is 24.5 Å². The maximum absolute atomic E-state index is 8.91. The lowest BCUT2D eigenvalue weighted by atomic mass is 9.85. The number of hydrogen-bond acceptors (Lipinski definition) is 2. The Morgan fingerprint density at radius 3 is 2.70 bits per heavy atom. The van der Waals surface area contributed by atoms with Crippen molar-refractivity contribution in [1.82, 2.24) is 5.32 Å². The summed E-state index contributed by atoms with van der Waals surface area (Å²) in [5.74, 6) is 1.16. The molecule has 0 aromatic heterocycles. The largest absolute Gasteiger partial charge is 0.396 e. The lowest BCUT2D eigenvalue weighted by molar-refractivity contribution is 0.139. The zero-order valence-electron chi connectivity index (χ0n) is 6.80. The molecule has 0 aromatic rings. The first-order valence-electron chi connectivity index (χ1n) is 4.08. The van der Waals surface area contributed by atoms with Crippen LogP contribution in [0.25, 0.3) is 0 Å². The van der Waals surface area contributed by atoms with E-state index in [4.69, 9.17) is 5.11 Å². The molecule has 1 aliphatic rings. The van der Waals surface area contributed by atoms with E-state index >= 15 is 0 Å². The van der Waals surface area contributed by atoms with E-state index < -0.39 is 0 Å². The molecular formula is C8H17NO. The van der Waals surface area contributed by atoms with Crippen LogP contribution in [0.15, 0.2) is 0 Å². The quantitative estimate of drug-likeness (QED) is 0.564. The van der Waals surface area contributed by atoms with E-state index in [1.54, 1.807) is 0 Å². The molecule has 60 valence electrons. The van der Waals surface area contributed by atoms with Gasteiger partial charge >= 0.3 is 0 Å². The van der Waals surface area contributed by atoms with Crippen molar-refractivity contribution in [2.45, 2.75) is 26.3 Å². The van der Waals surface area contributed by atoms with E-state index in [9.17, 15) is 0 Å². The first kappa shape index (κ1) is 8.02. The van der Waals surface area contributed by atoms with Gasteiger partial charge in [0.25, 0.3) is 0 Å². The van der Waals surface area contributed by atoms with Gasteiger partial charge in [-0.15, -0.1) is 0 Å². The van der Waals surface area contributed by atoms with Crippen LogP contribution in [0.4, 0.5) is 0 Å². The van der Waals surface area contributed by atoms with Crippen LogP contribution in [-0.4, -0.2) is 24.3 Å². The highest BCUT2D eigenvalue weighted by Gasteiger charge is 2.23. The van der Waals surface area contributed by atoms with Crippen molar-refractivity contribution in [1.29, 1.82) is 0 Å². The molecule has 0 aliphatic carbocycles. The van der Waals surface area contributed by atoms with Crippen molar-refractivity contribution < 1.29 is 5.11 Å². The summed E-state index contributed by atoms with van der Waals surface area (Å²) in [7, 11) is 0. The summed E-state index contributed by atoms with van der Waals surface area (Å²) in [5, 5.41) is 12.3. The van der Waals surface area contributed by atoms with Crippen LogP contribution in [0.1, 0.15) is 20.3 Å². The van der Waals surface area contributed by atoms with Crippen LogP contribution in [0.2, 0.25) is 0 Å². The van der Waals surface area contributed by atoms with Crippen molar-refractivity contribution in [3.63, 3.8) is 0 Å². The average Bonchev–Trinajstić information content (AvgIpc) is 1.88. The number of nitrogens with one attached hydrogen (secondary N) is 1. The molecule has 1 fully saturated rings. The molecule has 2 heteroatoms. The Hall–Kier alpha value is -0.0800. The van der Waals surface area contributed by atoms with Crippen LogP contribution in [0, 0.1) is 11.8 Å². The summed E-state index contributed by atoms with van der Waals surface area (Å²) in [6, 6.07) is 0.637. The van der Waals surface area contributed by atoms with E-state index in [1.807, 2.05) is 0 Å². The Morgan fingerprint density at radius 1 is 1.50 bits per heavy atom. The fraction of sp³-hybridized carbons (Fsp3) is 1.00. The van der Waals surface area contributed by atoms with E-state index in [0.717, 1.165) is 6.54 Å². The Bertz CT molecular complexity index is 105. The topological polar surface area (TPSA) is 32.3 Å². The molecule has 2 N–H and O–H groups in total. The lowest BCUT2D eigenvalue weighted by Crippen LogP contribution is -2.42. The Labute approximate surface area is 62.6 Å². The minimum atomic E-state index is 0.334. The van der Waals surface area contributed by atoms with Gasteiger partial charge in [0.2, 0.25) is 0 Å². The number of aliphatic hydroxyl groups excluding tert-OH is 1. The van der Waals surface area contributed by atoms with Crippen molar-refractivity contribution in [2.24, 2.45) is 11.8 Å². The van der Waals surface area contributed by atoms with Gasteiger partial charge in [-0.1, -0.05) is 6.92 Å². The minimum Gasteiger partial charge on any atom is -0.396 e. The normalized spacial score (nSPS) is 41.7. The highest BCUT2D eigenvalue weighted by Crippen LogP contribution is 2.20. The van der Waals surface area contributed by atoms with E-state index in [2.05, 4.69) is 19.2 Å². The van der Waals surface area contributed by atoms with Crippen LogP contribution >= 0.6 is 0 Å². The zero-order chi connectivity index (χ0) is 7.56. The summed E-state index contributed by atoms with van der Waals surface area (Å²) in [6.07, 6.45) is 1.20. The summed E-state index contributed by atoms with van der Waals surface area (Å²) >= 11 is 0. The summed E-state index contributed by atoms with van der Waals surface area (Å²) < 4.78 is 0. The number of rotatable bonds is 1. The predicted octanol–water partition coefficient (Wildman–Crippen LogP) is 0.613. The maximum Gasteiger partial charge on any atom is 0.0473 e. The van der Waals surface area contributed by atoms with Crippen LogP contribution in [0.3, 0.4) is 0 Å². The second-order valence-corrected chi connectivity index (χ2v) is 3.46. The van der Waals surface area contributed by atoms with Gasteiger partial charge in [0.15, 0.2) is 0 Å². The summed E-state index contributed by atoms with van der Waals surface area (Å²) in [4.78, 5) is 0.